The van der Waals surface area contributed by atoms with E-state index in [1.807, 2.05) is 36.7 Å². The van der Waals surface area contributed by atoms with E-state index < -0.39 is 5.60 Å². The van der Waals surface area contributed by atoms with E-state index in [9.17, 15) is 5.11 Å². The lowest BCUT2D eigenvalue weighted by Gasteiger charge is -2.41. The van der Waals surface area contributed by atoms with Gasteiger partial charge in [0.2, 0.25) is 0 Å². The molecule has 0 bridgehead atoms. The first kappa shape index (κ1) is 18.4. The summed E-state index contributed by atoms with van der Waals surface area (Å²) in [6.45, 7) is 8.58. The summed E-state index contributed by atoms with van der Waals surface area (Å²) in [6.07, 6.45) is 5.49. The van der Waals surface area contributed by atoms with Gasteiger partial charge in [0.25, 0.3) is 0 Å². The summed E-state index contributed by atoms with van der Waals surface area (Å²) < 4.78 is 1.83. The molecule has 0 unspecified atom stereocenters. The van der Waals surface area contributed by atoms with Crippen molar-refractivity contribution in [2.45, 2.75) is 51.6 Å². The predicted molar refractivity (Wildman–Crippen MR) is 105 cm³/mol. The number of rotatable bonds is 4. The van der Waals surface area contributed by atoms with E-state index in [-0.39, 0.29) is 0 Å². The predicted octanol–water partition coefficient (Wildman–Crippen LogP) is 2.10. The molecule has 2 aliphatic rings. The fourth-order valence-corrected chi connectivity index (χ4v) is 4.38. The fourth-order valence-electron chi connectivity index (χ4n) is 4.38. The molecule has 0 radical (unpaired) electrons. The molecule has 1 aliphatic heterocycles. The van der Waals surface area contributed by atoms with E-state index in [2.05, 4.69) is 25.1 Å². The molecular weight excluding hydrogens is 340 g/mol. The molecule has 4 rings (SSSR count). The molecule has 1 saturated heterocycles. The molecule has 2 fully saturated rings. The van der Waals surface area contributed by atoms with E-state index in [1.54, 1.807) is 0 Å². The van der Waals surface area contributed by atoms with Crippen LogP contribution in [-0.2, 0) is 0 Å². The largest absolute Gasteiger partial charge is 0.389 e. The highest BCUT2D eigenvalue weighted by atomic mass is 16.3. The van der Waals surface area contributed by atoms with Gasteiger partial charge in [-0.3, -0.25) is 4.90 Å². The van der Waals surface area contributed by atoms with Gasteiger partial charge >= 0.3 is 0 Å². The minimum Gasteiger partial charge on any atom is -0.389 e. The van der Waals surface area contributed by atoms with Crippen LogP contribution in [0.15, 0.2) is 18.2 Å². The van der Waals surface area contributed by atoms with Crippen LogP contribution in [-0.4, -0.2) is 68.3 Å². The molecule has 1 N–H and O–H groups in total. The number of hydrogen-bond acceptors (Lipinski definition) is 6. The third kappa shape index (κ3) is 4.14. The Morgan fingerprint density at radius 2 is 1.63 bits per heavy atom. The van der Waals surface area contributed by atoms with Crippen LogP contribution in [0, 0.1) is 13.8 Å². The summed E-state index contributed by atoms with van der Waals surface area (Å²) in [5.41, 5.74) is 1.57. The molecule has 7 nitrogen and oxygen atoms in total. The van der Waals surface area contributed by atoms with Gasteiger partial charge in [-0.15, -0.1) is 10.2 Å². The maximum atomic E-state index is 10.8. The van der Waals surface area contributed by atoms with Gasteiger partial charge in [0.1, 0.15) is 0 Å². The van der Waals surface area contributed by atoms with Crippen molar-refractivity contribution in [3.8, 4) is 5.82 Å². The zero-order chi connectivity index (χ0) is 18.9. The topological polar surface area (TPSA) is 70.3 Å². The quantitative estimate of drug-likeness (QED) is 0.889. The lowest BCUT2D eigenvalue weighted by atomic mass is 9.84. The first-order valence-corrected chi connectivity index (χ1v) is 10.1. The SMILES string of the molecule is Cc1cc(C)n(-c2ccc(N3CCN(CC4(O)CCCCC4)CC3)nn2)n1. The molecule has 7 heteroatoms. The van der Waals surface area contributed by atoms with Crippen molar-refractivity contribution in [3.63, 3.8) is 0 Å². The zero-order valence-corrected chi connectivity index (χ0v) is 16.4. The Morgan fingerprint density at radius 3 is 2.22 bits per heavy atom. The fraction of sp³-hybridized carbons (Fsp3) is 0.650. The van der Waals surface area contributed by atoms with Crippen LogP contribution < -0.4 is 4.90 Å². The number of aryl methyl sites for hydroxylation is 2. The molecular formula is C20H30N6O. The molecule has 0 spiro atoms. The third-order valence-corrected chi connectivity index (χ3v) is 5.86. The summed E-state index contributed by atoms with van der Waals surface area (Å²) in [5.74, 6) is 1.67. The lowest BCUT2D eigenvalue weighted by molar-refractivity contribution is -0.0271. The van der Waals surface area contributed by atoms with Crippen LogP contribution in [0.1, 0.15) is 43.5 Å². The van der Waals surface area contributed by atoms with Gasteiger partial charge in [-0.2, -0.15) is 5.10 Å². The van der Waals surface area contributed by atoms with E-state index >= 15 is 0 Å². The average Bonchev–Trinajstić information content (AvgIpc) is 3.01. The Labute approximate surface area is 161 Å². The summed E-state index contributed by atoms with van der Waals surface area (Å²) in [4.78, 5) is 4.68. The molecule has 2 aromatic rings. The molecule has 0 atom stereocenters. The highest BCUT2D eigenvalue weighted by Gasteiger charge is 2.32. The second-order valence-electron chi connectivity index (χ2n) is 8.14. The van der Waals surface area contributed by atoms with E-state index in [0.717, 1.165) is 81.4 Å². The van der Waals surface area contributed by atoms with Crippen molar-refractivity contribution in [1.29, 1.82) is 0 Å². The van der Waals surface area contributed by atoms with Gasteiger partial charge in [-0.1, -0.05) is 19.3 Å². The van der Waals surface area contributed by atoms with Crippen molar-refractivity contribution in [1.82, 2.24) is 24.9 Å². The molecule has 2 aromatic heterocycles. The van der Waals surface area contributed by atoms with Crippen molar-refractivity contribution < 1.29 is 5.11 Å². The van der Waals surface area contributed by atoms with Crippen LogP contribution >= 0.6 is 0 Å². The van der Waals surface area contributed by atoms with Gasteiger partial charge in [0.05, 0.1) is 11.3 Å². The monoisotopic (exact) mass is 370 g/mol. The minimum atomic E-state index is -0.471. The second-order valence-corrected chi connectivity index (χ2v) is 8.14. The molecule has 0 aromatic carbocycles. The third-order valence-electron chi connectivity index (χ3n) is 5.86. The van der Waals surface area contributed by atoms with E-state index in [4.69, 9.17) is 0 Å². The minimum absolute atomic E-state index is 0.471. The van der Waals surface area contributed by atoms with Crippen LogP contribution in [0.5, 0.6) is 0 Å². The second kappa shape index (κ2) is 7.56. The number of aromatic nitrogens is 4. The van der Waals surface area contributed by atoms with Gasteiger partial charge < -0.3 is 10.0 Å². The highest BCUT2D eigenvalue weighted by Crippen LogP contribution is 2.29. The van der Waals surface area contributed by atoms with Gasteiger partial charge in [0, 0.05) is 38.4 Å². The number of anilines is 1. The maximum absolute atomic E-state index is 10.8. The number of nitrogens with zero attached hydrogens (tertiary/aromatic N) is 6. The van der Waals surface area contributed by atoms with Crippen molar-refractivity contribution in [3.05, 3.63) is 29.6 Å². The van der Waals surface area contributed by atoms with Gasteiger partial charge in [0.15, 0.2) is 11.6 Å². The summed E-state index contributed by atoms with van der Waals surface area (Å²) in [6, 6.07) is 6.05. The Kier molecular flexibility index (Phi) is 5.14. The number of hydrogen-bond donors (Lipinski definition) is 1. The summed E-state index contributed by atoms with van der Waals surface area (Å²) >= 11 is 0. The van der Waals surface area contributed by atoms with Crippen LogP contribution in [0.2, 0.25) is 0 Å². The Balaban J connectivity index is 1.35. The lowest BCUT2D eigenvalue weighted by Crippen LogP contribution is -2.52. The average molecular weight is 371 g/mol. The normalized spacial score (nSPS) is 20.8. The molecule has 0 amide bonds. The van der Waals surface area contributed by atoms with Crippen LogP contribution in [0.3, 0.4) is 0 Å². The summed E-state index contributed by atoms with van der Waals surface area (Å²) in [7, 11) is 0. The van der Waals surface area contributed by atoms with Crippen molar-refractivity contribution in [2.75, 3.05) is 37.6 Å². The number of aliphatic hydroxyl groups is 1. The standard InChI is InChI=1S/C20H30N6O/c1-16-14-17(2)26(23-16)19-7-6-18(21-22-19)25-12-10-24(11-13-25)15-20(27)8-4-3-5-9-20/h6-7,14,27H,3-5,8-13,15H2,1-2H3. The Bertz CT molecular complexity index is 757. The van der Waals surface area contributed by atoms with Crippen molar-refractivity contribution >= 4 is 5.82 Å². The van der Waals surface area contributed by atoms with Gasteiger partial charge in [-0.05, 0) is 44.9 Å². The molecule has 1 aliphatic carbocycles. The molecule has 3 heterocycles. The smallest absolute Gasteiger partial charge is 0.176 e. The number of piperazine rings is 1. The Hall–Kier alpha value is -1.99. The van der Waals surface area contributed by atoms with Crippen molar-refractivity contribution in [2.24, 2.45) is 0 Å². The maximum Gasteiger partial charge on any atom is 0.176 e. The van der Waals surface area contributed by atoms with Crippen LogP contribution in [0.4, 0.5) is 5.82 Å². The number of β-amino-alcohol motifs (C(OH)–C–C–N with tert-alkyl or cyclic N) is 1. The zero-order valence-electron chi connectivity index (χ0n) is 16.4. The van der Waals surface area contributed by atoms with E-state index in [1.165, 1.54) is 6.42 Å². The first-order chi connectivity index (χ1) is 13.0. The molecule has 1 saturated carbocycles. The highest BCUT2D eigenvalue weighted by molar-refractivity contribution is 5.40. The van der Waals surface area contributed by atoms with E-state index in [0.29, 0.717) is 0 Å². The molecule has 27 heavy (non-hydrogen) atoms. The summed E-state index contributed by atoms with van der Waals surface area (Å²) in [5, 5.41) is 24.1. The Morgan fingerprint density at radius 1 is 0.963 bits per heavy atom. The van der Waals surface area contributed by atoms with Gasteiger partial charge in [-0.25, -0.2) is 4.68 Å². The molecule has 146 valence electrons. The van der Waals surface area contributed by atoms with Crippen LogP contribution in [0.25, 0.3) is 5.82 Å². The first-order valence-electron chi connectivity index (χ1n) is 10.1.